The molecule has 8 heteroatoms. The molecule has 0 unspecified atom stereocenters. The largest absolute Gasteiger partial charge is 0.463 e. The molecule has 2 amide bonds. The minimum Gasteiger partial charge on any atom is -0.463 e. The van der Waals surface area contributed by atoms with E-state index in [1.165, 1.54) is 32.1 Å². The van der Waals surface area contributed by atoms with Crippen molar-refractivity contribution in [3.05, 3.63) is 41.1 Å². The SMILES string of the molecule is CCOC(=O)C1=C(CN2CCN(C3CCCCC3)CC2)NC(=O)N[C@@H]1c1ccc(SC)cc1. The van der Waals surface area contributed by atoms with E-state index < -0.39 is 6.04 Å². The van der Waals surface area contributed by atoms with Gasteiger partial charge in [-0.15, -0.1) is 11.8 Å². The first kappa shape index (κ1) is 24.1. The molecular weight excluding hydrogens is 436 g/mol. The average molecular weight is 473 g/mol. The third kappa shape index (κ3) is 5.91. The molecule has 2 aliphatic heterocycles. The highest BCUT2D eigenvalue weighted by Crippen LogP contribution is 2.30. The molecule has 0 bridgehead atoms. The van der Waals surface area contributed by atoms with Crippen LogP contribution in [0.2, 0.25) is 0 Å². The number of amides is 2. The van der Waals surface area contributed by atoms with Crippen LogP contribution in [0, 0.1) is 0 Å². The number of nitrogens with zero attached hydrogens (tertiary/aromatic N) is 2. The van der Waals surface area contributed by atoms with Gasteiger partial charge in [-0.25, -0.2) is 9.59 Å². The maximum atomic E-state index is 13.0. The highest BCUT2D eigenvalue weighted by atomic mass is 32.2. The molecule has 0 spiro atoms. The number of esters is 1. The van der Waals surface area contributed by atoms with Crippen LogP contribution in [0.5, 0.6) is 0 Å². The van der Waals surface area contributed by atoms with Gasteiger partial charge in [0, 0.05) is 49.4 Å². The van der Waals surface area contributed by atoms with Gasteiger partial charge in [-0.3, -0.25) is 9.80 Å². The van der Waals surface area contributed by atoms with Crippen molar-refractivity contribution in [3.63, 3.8) is 0 Å². The number of urea groups is 1. The number of benzene rings is 1. The fourth-order valence-corrected chi connectivity index (χ4v) is 5.60. The molecule has 0 aromatic heterocycles. The summed E-state index contributed by atoms with van der Waals surface area (Å²) >= 11 is 1.66. The maximum absolute atomic E-state index is 13.0. The molecule has 1 saturated carbocycles. The van der Waals surface area contributed by atoms with E-state index in [0.717, 1.165) is 42.7 Å². The minimum atomic E-state index is -0.521. The summed E-state index contributed by atoms with van der Waals surface area (Å²) in [5.74, 6) is -0.375. The first-order valence-corrected chi connectivity index (χ1v) is 13.4. The second-order valence-electron chi connectivity index (χ2n) is 9.02. The molecule has 1 aliphatic carbocycles. The number of carbonyl (C=O) groups is 2. The number of piperazine rings is 1. The Morgan fingerprint density at radius 1 is 1.09 bits per heavy atom. The topological polar surface area (TPSA) is 73.9 Å². The van der Waals surface area contributed by atoms with Crippen molar-refractivity contribution in [2.75, 3.05) is 45.6 Å². The fourth-order valence-electron chi connectivity index (χ4n) is 5.20. The molecule has 3 aliphatic rings. The fraction of sp³-hybridized carbons (Fsp3) is 0.600. The lowest BCUT2D eigenvalue weighted by Crippen LogP contribution is -2.53. The van der Waals surface area contributed by atoms with E-state index >= 15 is 0 Å². The zero-order valence-electron chi connectivity index (χ0n) is 19.8. The Kier molecular flexibility index (Phi) is 8.33. The predicted molar refractivity (Wildman–Crippen MR) is 131 cm³/mol. The molecule has 180 valence electrons. The lowest BCUT2D eigenvalue weighted by molar-refractivity contribution is -0.139. The van der Waals surface area contributed by atoms with E-state index in [4.69, 9.17) is 4.74 Å². The van der Waals surface area contributed by atoms with Crippen molar-refractivity contribution >= 4 is 23.8 Å². The van der Waals surface area contributed by atoms with E-state index in [1.807, 2.05) is 30.5 Å². The Morgan fingerprint density at radius 3 is 2.42 bits per heavy atom. The molecule has 7 nitrogen and oxygen atoms in total. The van der Waals surface area contributed by atoms with Crippen molar-refractivity contribution in [2.45, 2.75) is 56.0 Å². The highest BCUT2D eigenvalue weighted by Gasteiger charge is 2.35. The Balaban J connectivity index is 1.52. The number of hydrogen-bond acceptors (Lipinski definition) is 6. The van der Waals surface area contributed by atoms with Gasteiger partial charge in [0.15, 0.2) is 0 Å². The standard InChI is InChI=1S/C25H36N4O3S/c1-3-32-24(30)22-21(17-28-13-15-29(16-14-28)19-7-5-4-6-8-19)26-25(31)27-23(22)18-9-11-20(33-2)12-10-18/h9-12,19,23H,3-8,13-17H2,1-2H3,(H2,26,27,31)/t23-/m1/s1. The van der Waals surface area contributed by atoms with Gasteiger partial charge in [0.1, 0.15) is 0 Å². The summed E-state index contributed by atoms with van der Waals surface area (Å²) in [5, 5.41) is 5.85. The van der Waals surface area contributed by atoms with E-state index in [0.29, 0.717) is 24.4 Å². The van der Waals surface area contributed by atoms with Gasteiger partial charge in [0.2, 0.25) is 0 Å². The molecule has 2 heterocycles. The molecule has 1 saturated heterocycles. The van der Waals surface area contributed by atoms with E-state index in [9.17, 15) is 9.59 Å². The predicted octanol–water partition coefficient (Wildman–Crippen LogP) is 3.53. The molecule has 2 fully saturated rings. The molecular formula is C25H36N4O3S. The lowest BCUT2D eigenvalue weighted by atomic mass is 9.93. The third-order valence-corrected chi connectivity index (χ3v) is 7.72. The summed E-state index contributed by atoms with van der Waals surface area (Å²) in [4.78, 5) is 31.7. The van der Waals surface area contributed by atoms with Crippen molar-refractivity contribution in [3.8, 4) is 0 Å². The van der Waals surface area contributed by atoms with Crippen LogP contribution in [-0.2, 0) is 9.53 Å². The molecule has 2 N–H and O–H groups in total. The molecule has 0 radical (unpaired) electrons. The monoisotopic (exact) mass is 472 g/mol. The Bertz CT molecular complexity index is 859. The summed E-state index contributed by atoms with van der Waals surface area (Å²) in [7, 11) is 0. The molecule has 1 aromatic rings. The van der Waals surface area contributed by atoms with Gasteiger partial charge in [-0.2, -0.15) is 0 Å². The summed E-state index contributed by atoms with van der Waals surface area (Å²) in [5.41, 5.74) is 2.04. The third-order valence-electron chi connectivity index (χ3n) is 6.98. The summed E-state index contributed by atoms with van der Waals surface area (Å²) in [6.07, 6.45) is 8.72. The van der Waals surface area contributed by atoms with Gasteiger partial charge in [0.25, 0.3) is 0 Å². The van der Waals surface area contributed by atoms with Crippen LogP contribution >= 0.6 is 11.8 Å². The maximum Gasteiger partial charge on any atom is 0.338 e. The molecule has 4 rings (SSSR count). The van der Waals surface area contributed by atoms with Crippen LogP contribution in [0.4, 0.5) is 4.79 Å². The highest BCUT2D eigenvalue weighted by molar-refractivity contribution is 7.98. The molecule has 33 heavy (non-hydrogen) atoms. The quantitative estimate of drug-likeness (QED) is 0.467. The Morgan fingerprint density at radius 2 is 1.79 bits per heavy atom. The van der Waals surface area contributed by atoms with Crippen LogP contribution < -0.4 is 10.6 Å². The van der Waals surface area contributed by atoms with Gasteiger partial charge in [-0.05, 0) is 43.7 Å². The number of hydrogen-bond donors (Lipinski definition) is 2. The Labute approximate surface area is 201 Å². The van der Waals surface area contributed by atoms with Crippen molar-refractivity contribution < 1.29 is 14.3 Å². The Hall–Kier alpha value is -2.03. The number of thioether (sulfide) groups is 1. The minimum absolute atomic E-state index is 0.280. The normalized spacial score (nSPS) is 23.2. The molecule has 1 atom stereocenters. The van der Waals surface area contributed by atoms with Crippen molar-refractivity contribution in [1.82, 2.24) is 20.4 Å². The van der Waals surface area contributed by atoms with Crippen molar-refractivity contribution in [1.29, 1.82) is 0 Å². The van der Waals surface area contributed by atoms with Gasteiger partial charge in [0.05, 0.1) is 18.2 Å². The van der Waals surface area contributed by atoms with Crippen molar-refractivity contribution in [2.24, 2.45) is 0 Å². The first-order chi connectivity index (χ1) is 16.1. The van der Waals surface area contributed by atoms with Crippen LogP contribution in [-0.4, -0.2) is 73.4 Å². The van der Waals surface area contributed by atoms with Gasteiger partial charge >= 0.3 is 12.0 Å². The number of ether oxygens (including phenoxy) is 1. The van der Waals surface area contributed by atoms with E-state index in [2.05, 4.69) is 20.4 Å². The van der Waals surface area contributed by atoms with Crippen LogP contribution in [0.1, 0.15) is 50.6 Å². The van der Waals surface area contributed by atoms with E-state index in [1.54, 1.807) is 18.7 Å². The van der Waals surface area contributed by atoms with Gasteiger partial charge in [-0.1, -0.05) is 31.4 Å². The van der Waals surface area contributed by atoms with Gasteiger partial charge < -0.3 is 15.4 Å². The average Bonchev–Trinajstić information content (AvgIpc) is 2.85. The van der Waals surface area contributed by atoms with E-state index in [-0.39, 0.29) is 12.0 Å². The smallest absolute Gasteiger partial charge is 0.338 e. The van der Waals surface area contributed by atoms with Crippen LogP contribution in [0.15, 0.2) is 40.4 Å². The molecule has 1 aromatic carbocycles. The summed E-state index contributed by atoms with van der Waals surface area (Å²) in [6.45, 7) is 6.59. The summed E-state index contributed by atoms with van der Waals surface area (Å²) in [6, 6.07) is 7.90. The lowest BCUT2D eigenvalue weighted by Gasteiger charge is -2.41. The second kappa shape index (κ2) is 11.4. The summed E-state index contributed by atoms with van der Waals surface area (Å²) < 4.78 is 5.41. The van der Waals surface area contributed by atoms with Crippen LogP contribution in [0.3, 0.4) is 0 Å². The number of carbonyl (C=O) groups excluding carboxylic acids is 2. The number of rotatable bonds is 7. The number of nitrogens with one attached hydrogen (secondary N) is 2. The first-order valence-electron chi connectivity index (χ1n) is 12.2. The second-order valence-corrected chi connectivity index (χ2v) is 9.90. The zero-order chi connectivity index (χ0) is 23.2. The van der Waals surface area contributed by atoms with Crippen LogP contribution in [0.25, 0.3) is 0 Å². The zero-order valence-corrected chi connectivity index (χ0v) is 20.6.